The smallest absolute Gasteiger partial charge is 0.411 e. The lowest BCUT2D eigenvalue weighted by molar-refractivity contribution is -0.128. The molecule has 2 heterocycles. The molecule has 8 heteroatoms. The number of rotatable bonds is 1. The number of ketones is 2. The minimum Gasteiger partial charge on any atom is -0.444 e. The van der Waals surface area contributed by atoms with E-state index in [-0.39, 0.29) is 30.7 Å². The largest absolute Gasteiger partial charge is 0.444 e. The van der Waals surface area contributed by atoms with E-state index in [2.05, 4.69) is 0 Å². The number of carbonyl (C=O) groups excluding carboxylic acids is 4. The summed E-state index contributed by atoms with van der Waals surface area (Å²) in [7, 11) is 0. The first-order valence-corrected chi connectivity index (χ1v) is 8.84. The summed E-state index contributed by atoms with van der Waals surface area (Å²) in [5, 5.41) is 0. The monoisotopic (exact) mass is 382 g/mol. The van der Waals surface area contributed by atoms with E-state index in [0.717, 1.165) is 5.57 Å². The van der Waals surface area contributed by atoms with Gasteiger partial charge in [0.25, 0.3) is 0 Å². The molecule has 0 atom stereocenters. The van der Waals surface area contributed by atoms with Gasteiger partial charge in [0.2, 0.25) is 0 Å². The third kappa shape index (κ3) is 8.70. The van der Waals surface area contributed by atoms with Crippen molar-refractivity contribution in [3.05, 3.63) is 11.6 Å². The minimum absolute atomic E-state index is 0.0221. The van der Waals surface area contributed by atoms with Crippen LogP contribution in [0, 0.1) is 0 Å². The van der Waals surface area contributed by atoms with Gasteiger partial charge in [0, 0.05) is 13.1 Å². The molecule has 0 spiro atoms. The van der Waals surface area contributed by atoms with Crippen LogP contribution in [0.2, 0.25) is 0 Å². The molecule has 152 valence electrons. The van der Waals surface area contributed by atoms with Crippen LogP contribution in [0.15, 0.2) is 11.6 Å². The highest BCUT2D eigenvalue weighted by molar-refractivity contribution is 5.94. The molecule has 0 aromatic heterocycles. The molecule has 0 unspecified atom stereocenters. The SMILES string of the molecule is CC(=O)C=C1CN(C(=O)OC(C)(C)C)C1.CC(C)(C)OC(=O)N1CC(=O)C1. The average molecular weight is 382 g/mol. The Balaban J connectivity index is 0.000000277. The van der Waals surface area contributed by atoms with E-state index in [1.807, 2.05) is 20.8 Å². The lowest BCUT2D eigenvalue weighted by atomic mass is 10.1. The second-order valence-electron chi connectivity index (χ2n) is 8.62. The Morgan fingerprint density at radius 2 is 1.19 bits per heavy atom. The van der Waals surface area contributed by atoms with Gasteiger partial charge in [0.1, 0.15) is 11.2 Å². The van der Waals surface area contributed by atoms with Crippen molar-refractivity contribution < 1.29 is 28.7 Å². The molecular weight excluding hydrogens is 352 g/mol. The highest BCUT2D eigenvalue weighted by Crippen LogP contribution is 2.18. The zero-order valence-electron chi connectivity index (χ0n) is 17.2. The second-order valence-corrected chi connectivity index (χ2v) is 8.62. The molecule has 2 aliphatic heterocycles. The fraction of sp³-hybridized carbons (Fsp3) is 0.684. The maximum absolute atomic E-state index is 11.5. The van der Waals surface area contributed by atoms with Gasteiger partial charge < -0.3 is 14.4 Å². The number of amides is 2. The number of hydrogen-bond acceptors (Lipinski definition) is 6. The summed E-state index contributed by atoms with van der Waals surface area (Å²) >= 11 is 0. The summed E-state index contributed by atoms with van der Waals surface area (Å²) in [5.41, 5.74) is 0.0423. The number of allylic oxidation sites excluding steroid dienone is 1. The summed E-state index contributed by atoms with van der Waals surface area (Å²) < 4.78 is 10.2. The standard InChI is InChI=1S/C11H17NO3.C8H13NO3/c1-8(13)5-9-6-12(7-9)10(14)15-11(2,3)4;1-8(2,3)12-7(11)9-4-6(10)5-9/h5H,6-7H2,1-4H3;4-5H2,1-3H3. The maximum atomic E-state index is 11.5. The normalized spacial score (nSPS) is 16.4. The third-order valence-electron chi connectivity index (χ3n) is 3.23. The molecular formula is C19H30N2O6. The van der Waals surface area contributed by atoms with Gasteiger partial charge in [-0.1, -0.05) is 0 Å². The third-order valence-corrected chi connectivity index (χ3v) is 3.23. The molecule has 2 saturated heterocycles. The predicted octanol–water partition coefficient (Wildman–Crippen LogP) is 2.56. The number of Topliss-reactive ketones (excluding diaryl/α,β-unsaturated/α-hetero) is 1. The first kappa shape index (κ1) is 22.7. The van der Waals surface area contributed by atoms with Crippen LogP contribution >= 0.6 is 0 Å². The summed E-state index contributed by atoms with van der Waals surface area (Å²) in [5.74, 6) is 0.106. The quantitative estimate of drug-likeness (QED) is 0.647. The van der Waals surface area contributed by atoms with E-state index in [0.29, 0.717) is 13.1 Å². The Morgan fingerprint density at radius 1 is 0.815 bits per heavy atom. The van der Waals surface area contributed by atoms with E-state index >= 15 is 0 Å². The van der Waals surface area contributed by atoms with Crippen molar-refractivity contribution in [2.75, 3.05) is 26.2 Å². The lowest BCUT2D eigenvalue weighted by Gasteiger charge is -2.35. The van der Waals surface area contributed by atoms with Crippen LogP contribution in [0.5, 0.6) is 0 Å². The summed E-state index contributed by atoms with van der Waals surface area (Å²) in [6.07, 6.45) is 0.853. The van der Waals surface area contributed by atoms with E-state index in [1.165, 1.54) is 11.8 Å². The first-order chi connectivity index (χ1) is 12.2. The van der Waals surface area contributed by atoms with Crippen molar-refractivity contribution in [2.24, 2.45) is 0 Å². The van der Waals surface area contributed by atoms with Crippen molar-refractivity contribution >= 4 is 23.8 Å². The van der Waals surface area contributed by atoms with Gasteiger partial charge in [-0.25, -0.2) is 9.59 Å². The molecule has 2 rings (SSSR count). The lowest BCUT2D eigenvalue weighted by Crippen LogP contribution is -2.52. The van der Waals surface area contributed by atoms with E-state index in [1.54, 1.807) is 31.7 Å². The van der Waals surface area contributed by atoms with Crippen LogP contribution in [-0.4, -0.2) is 70.9 Å². The fourth-order valence-electron chi connectivity index (χ4n) is 2.11. The van der Waals surface area contributed by atoms with Crippen LogP contribution < -0.4 is 0 Å². The second kappa shape index (κ2) is 8.54. The topological polar surface area (TPSA) is 93.2 Å². The fourth-order valence-corrected chi connectivity index (χ4v) is 2.11. The molecule has 0 N–H and O–H groups in total. The van der Waals surface area contributed by atoms with Crippen molar-refractivity contribution in [2.45, 2.75) is 59.7 Å². The van der Waals surface area contributed by atoms with Gasteiger partial charge in [-0.15, -0.1) is 0 Å². The summed E-state index contributed by atoms with van der Waals surface area (Å²) in [4.78, 5) is 46.8. The molecule has 8 nitrogen and oxygen atoms in total. The molecule has 2 fully saturated rings. The summed E-state index contributed by atoms with van der Waals surface area (Å²) in [6, 6.07) is 0. The molecule has 0 aromatic carbocycles. The zero-order valence-corrected chi connectivity index (χ0v) is 17.2. The average Bonchev–Trinajstić information content (AvgIpc) is 2.35. The van der Waals surface area contributed by atoms with Crippen LogP contribution in [0.25, 0.3) is 0 Å². The number of ether oxygens (including phenoxy) is 2. The van der Waals surface area contributed by atoms with Gasteiger partial charge in [-0.2, -0.15) is 0 Å². The molecule has 0 saturated carbocycles. The number of nitrogens with zero attached hydrogens (tertiary/aromatic N) is 2. The number of carbonyl (C=O) groups is 4. The minimum atomic E-state index is -0.476. The van der Waals surface area contributed by atoms with Gasteiger partial charge in [-0.3, -0.25) is 14.5 Å². The van der Waals surface area contributed by atoms with Gasteiger partial charge in [0.05, 0.1) is 13.1 Å². The molecule has 0 bridgehead atoms. The van der Waals surface area contributed by atoms with Gasteiger partial charge >= 0.3 is 12.2 Å². The Bertz CT molecular complexity index is 624. The molecule has 0 aromatic rings. The molecule has 2 amide bonds. The van der Waals surface area contributed by atoms with Gasteiger partial charge in [-0.05, 0) is 60.1 Å². The van der Waals surface area contributed by atoms with Crippen molar-refractivity contribution in [1.82, 2.24) is 9.80 Å². The van der Waals surface area contributed by atoms with E-state index in [9.17, 15) is 19.2 Å². The number of likely N-dealkylation sites (tertiary alicyclic amines) is 2. The van der Waals surface area contributed by atoms with Crippen LogP contribution in [0.1, 0.15) is 48.5 Å². The van der Waals surface area contributed by atoms with Crippen molar-refractivity contribution in [1.29, 1.82) is 0 Å². The summed E-state index contributed by atoms with van der Waals surface area (Å²) in [6.45, 7) is 13.8. The Kier molecular flexibility index (Phi) is 7.17. The van der Waals surface area contributed by atoms with E-state index in [4.69, 9.17) is 9.47 Å². The van der Waals surface area contributed by atoms with E-state index < -0.39 is 17.3 Å². The van der Waals surface area contributed by atoms with Crippen LogP contribution in [-0.2, 0) is 19.1 Å². The Labute approximate surface area is 160 Å². The van der Waals surface area contributed by atoms with Crippen molar-refractivity contribution in [3.8, 4) is 0 Å². The molecule has 2 aliphatic rings. The maximum Gasteiger partial charge on any atom is 0.411 e. The zero-order chi connectivity index (χ0) is 21.0. The molecule has 0 aliphatic carbocycles. The first-order valence-electron chi connectivity index (χ1n) is 8.84. The highest BCUT2D eigenvalue weighted by atomic mass is 16.6. The van der Waals surface area contributed by atoms with Crippen molar-refractivity contribution in [3.63, 3.8) is 0 Å². The van der Waals surface area contributed by atoms with Crippen LogP contribution in [0.4, 0.5) is 9.59 Å². The highest BCUT2D eigenvalue weighted by Gasteiger charge is 2.32. The molecule has 27 heavy (non-hydrogen) atoms. The Hall–Kier alpha value is -2.38. The predicted molar refractivity (Wildman–Crippen MR) is 99.4 cm³/mol. The van der Waals surface area contributed by atoms with Gasteiger partial charge in [0.15, 0.2) is 11.6 Å². The van der Waals surface area contributed by atoms with Crippen LogP contribution in [0.3, 0.4) is 0 Å². The molecule has 0 radical (unpaired) electrons. The Morgan fingerprint density at radius 3 is 1.48 bits per heavy atom. The number of hydrogen-bond donors (Lipinski definition) is 0.